The lowest BCUT2D eigenvalue weighted by Gasteiger charge is -2.10. The molecule has 3 rings (SSSR count). The van der Waals surface area contributed by atoms with Crippen molar-refractivity contribution in [3.05, 3.63) is 54.1 Å². The Bertz CT molecular complexity index is 988. The molecule has 0 radical (unpaired) electrons. The summed E-state index contributed by atoms with van der Waals surface area (Å²) in [5.41, 5.74) is 1.77. The summed E-state index contributed by atoms with van der Waals surface area (Å²) in [6, 6.07) is 13.1. The van der Waals surface area contributed by atoms with Crippen molar-refractivity contribution in [3.63, 3.8) is 0 Å². The Hall–Kier alpha value is -2.87. The minimum atomic E-state index is -3.40. The molecule has 1 fully saturated rings. The van der Waals surface area contributed by atoms with Crippen LogP contribution in [0.3, 0.4) is 0 Å². The average molecular weight is 387 g/mol. The van der Waals surface area contributed by atoms with Crippen LogP contribution < -0.4 is 15.4 Å². The second-order valence-corrected chi connectivity index (χ2v) is 8.55. The van der Waals surface area contributed by atoms with Gasteiger partial charge in [-0.05, 0) is 48.7 Å². The molecule has 0 heterocycles. The molecule has 0 aromatic heterocycles. The Balaban J connectivity index is 1.68. The first kappa shape index (κ1) is 18.9. The lowest BCUT2D eigenvalue weighted by molar-refractivity contribution is -0.117. The van der Waals surface area contributed by atoms with Crippen LogP contribution in [-0.2, 0) is 14.8 Å². The summed E-state index contributed by atoms with van der Waals surface area (Å²) in [4.78, 5) is 24.5. The van der Waals surface area contributed by atoms with E-state index in [1.54, 1.807) is 42.5 Å². The molecule has 2 aromatic carbocycles. The molecular formula is C19H21N3O4S. The molecule has 8 heteroatoms. The summed E-state index contributed by atoms with van der Waals surface area (Å²) >= 11 is 0. The molecule has 0 bridgehead atoms. The van der Waals surface area contributed by atoms with Gasteiger partial charge in [-0.2, -0.15) is 0 Å². The van der Waals surface area contributed by atoms with Crippen molar-refractivity contribution in [2.45, 2.75) is 13.3 Å². The smallest absolute Gasteiger partial charge is 0.255 e. The average Bonchev–Trinajstić information content (AvgIpc) is 3.31. The van der Waals surface area contributed by atoms with Gasteiger partial charge in [-0.15, -0.1) is 0 Å². The summed E-state index contributed by atoms with van der Waals surface area (Å²) in [6.45, 7) is 2.03. The minimum Gasteiger partial charge on any atom is -0.326 e. The molecule has 3 N–H and O–H groups in total. The number of hydrogen-bond donors (Lipinski definition) is 3. The van der Waals surface area contributed by atoms with Gasteiger partial charge in [0.25, 0.3) is 5.91 Å². The van der Waals surface area contributed by atoms with Gasteiger partial charge in [0.2, 0.25) is 15.9 Å². The van der Waals surface area contributed by atoms with Crippen LogP contribution in [0.25, 0.3) is 0 Å². The van der Waals surface area contributed by atoms with Crippen molar-refractivity contribution in [3.8, 4) is 0 Å². The second-order valence-electron chi connectivity index (χ2n) is 6.80. The molecule has 1 aliphatic rings. The Morgan fingerprint density at radius 1 is 0.963 bits per heavy atom. The van der Waals surface area contributed by atoms with Crippen molar-refractivity contribution in [1.82, 2.24) is 0 Å². The largest absolute Gasteiger partial charge is 0.326 e. The number of nitrogens with one attached hydrogen (secondary N) is 3. The Morgan fingerprint density at radius 2 is 1.56 bits per heavy atom. The van der Waals surface area contributed by atoms with Gasteiger partial charge in [0, 0.05) is 22.9 Å². The number of rotatable bonds is 6. The molecule has 0 aliphatic heterocycles. The molecule has 142 valence electrons. The summed E-state index contributed by atoms with van der Waals surface area (Å²) < 4.78 is 25.0. The number of anilines is 3. The van der Waals surface area contributed by atoms with Crippen LogP contribution in [0.1, 0.15) is 23.7 Å². The third-order valence-corrected chi connectivity index (χ3v) is 4.87. The van der Waals surface area contributed by atoms with Crippen molar-refractivity contribution in [2.75, 3.05) is 21.6 Å². The summed E-state index contributed by atoms with van der Waals surface area (Å²) in [5.74, 6) is 0.0684. The van der Waals surface area contributed by atoms with Gasteiger partial charge in [-0.1, -0.05) is 19.1 Å². The van der Waals surface area contributed by atoms with E-state index in [0.717, 1.165) is 12.7 Å². The predicted molar refractivity (Wildman–Crippen MR) is 105 cm³/mol. The Labute approximate surface area is 158 Å². The highest BCUT2D eigenvalue weighted by Crippen LogP contribution is 2.38. The normalized spacial score (nSPS) is 18.4. The molecule has 0 saturated heterocycles. The molecular weight excluding hydrogens is 366 g/mol. The van der Waals surface area contributed by atoms with Gasteiger partial charge in [0.05, 0.1) is 11.9 Å². The number of sulfonamides is 1. The maximum Gasteiger partial charge on any atom is 0.255 e. The van der Waals surface area contributed by atoms with Gasteiger partial charge >= 0.3 is 0 Å². The van der Waals surface area contributed by atoms with E-state index in [1.165, 1.54) is 6.07 Å². The van der Waals surface area contributed by atoms with Crippen LogP contribution in [-0.4, -0.2) is 26.5 Å². The van der Waals surface area contributed by atoms with Crippen LogP contribution in [0.4, 0.5) is 17.1 Å². The zero-order chi connectivity index (χ0) is 19.6. The van der Waals surface area contributed by atoms with E-state index in [9.17, 15) is 18.0 Å². The summed E-state index contributed by atoms with van der Waals surface area (Å²) in [6.07, 6.45) is 1.95. The van der Waals surface area contributed by atoms with Crippen LogP contribution >= 0.6 is 0 Å². The first-order valence-corrected chi connectivity index (χ1v) is 10.4. The maximum atomic E-state index is 12.5. The first-order valence-electron chi connectivity index (χ1n) is 8.51. The molecule has 7 nitrogen and oxygen atoms in total. The van der Waals surface area contributed by atoms with Crippen LogP contribution in [0.5, 0.6) is 0 Å². The molecule has 2 aromatic rings. The van der Waals surface area contributed by atoms with Crippen LogP contribution in [0.2, 0.25) is 0 Å². The fraction of sp³-hybridized carbons (Fsp3) is 0.263. The second kappa shape index (κ2) is 7.40. The molecule has 2 amide bonds. The van der Waals surface area contributed by atoms with Gasteiger partial charge < -0.3 is 10.6 Å². The van der Waals surface area contributed by atoms with E-state index in [0.29, 0.717) is 28.5 Å². The Kier molecular flexibility index (Phi) is 5.18. The van der Waals surface area contributed by atoms with Gasteiger partial charge in [0.15, 0.2) is 0 Å². The minimum absolute atomic E-state index is 0.0281. The van der Waals surface area contributed by atoms with Crippen LogP contribution in [0, 0.1) is 11.8 Å². The number of carbonyl (C=O) groups excluding carboxylic acids is 2. The highest BCUT2D eigenvalue weighted by molar-refractivity contribution is 7.92. The van der Waals surface area contributed by atoms with E-state index in [4.69, 9.17) is 0 Å². The predicted octanol–water partition coefficient (Wildman–Crippen LogP) is 2.90. The number of carbonyl (C=O) groups is 2. The summed E-state index contributed by atoms with van der Waals surface area (Å²) in [7, 11) is -3.40. The van der Waals surface area contributed by atoms with Crippen molar-refractivity contribution < 1.29 is 18.0 Å². The summed E-state index contributed by atoms with van der Waals surface area (Å²) in [5, 5.41) is 5.55. The van der Waals surface area contributed by atoms with E-state index in [1.807, 2.05) is 6.92 Å². The van der Waals surface area contributed by atoms with Gasteiger partial charge in [-0.25, -0.2) is 8.42 Å². The SMILES string of the molecule is C[C@H]1C[C@H]1C(=O)Nc1cccc(C(=O)Nc2cccc(NS(C)(=O)=O)c2)c1. The van der Waals surface area contributed by atoms with E-state index < -0.39 is 10.0 Å². The van der Waals surface area contributed by atoms with Crippen molar-refractivity contribution in [1.29, 1.82) is 0 Å². The van der Waals surface area contributed by atoms with E-state index >= 15 is 0 Å². The number of amides is 2. The fourth-order valence-electron chi connectivity index (χ4n) is 2.74. The molecule has 1 aliphatic carbocycles. The quantitative estimate of drug-likeness (QED) is 0.709. The van der Waals surface area contributed by atoms with Crippen molar-refractivity contribution in [2.24, 2.45) is 11.8 Å². The Morgan fingerprint density at radius 3 is 2.19 bits per heavy atom. The fourth-order valence-corrected chi connectivity index (χ4v) is 3.29. The topological polar surface area (TPSA) is 104 Å². The highest BCUT2D eigenvalue weighted by atomic mass is 32.2. The molecule has 27 heavy (non-hydrogen) atoms. The monoisotopic (exact) mass is 387 g/mol. The lowest BCUT2D eigenvalue weighted by Crippen LogP contribution is -2.16. The molecule has 0 spiro atoms. The zero-order valence-electron chi connectivity index (χ0n) is 15.0. The van der Waals surface area contributed by atoms with Crippen molar-refractivity contribution >= 4 is 38.9 Å². The molecule has 2 atom stereocenters. The number of benzene rings is 2. The third kappa shape index (κ3) is 5.30. The lowest BCUT2D eigenvalue weighted by atomic mass is 10.1. The van der Waals surface area contributed by atoms with E-state index in [2.05, 4.69) is 15.4 Å². The first-order chi connectivity index (χ1) is 12.7. The van der Waals surface area contributed by atoms with E-state index in [-0.39, 0.29) is 17.7 Å². The number of hydrogen-bond acceptors (Lipinski definition) is 4. The zero-order valence-corrected chi connectivity index (χ0v) is 15.8. The standard InChI is InChI=1S/C19H21N3O4S/c1-12-9-17(12)19(24)21-14-6-3-5-13(10-14)18(23)20-15-7-4-8-16(11-15)22-27(2,25)26/h3-8,10-12,17,22H,9H2,1-2H3,(H,20,23)(H,21,24)/t12-,17+/m0/s1. The third-order valence-electron chi connectivity index (χ3n) is 4.26. The van der Waals surface area contributed by atoms with Gasteiger partial charge in [0.1, 0.15) is 0 Å². The molecule has 1 saturated carbocycles. The highest BCUT2D eigenvalue weighted by Gasteiger charge is 2.39. The van der Waals surface area contributed by atoms with Crippen LogP contribution in [0.15, 0.2) is 48.5 Å². The maximum absolute atomic E-state index is 12.5. The van der Waals surface area contributed by atoms with Gasteiger partial charge in [-0.3, -0.25) is 14.3 Å². The molecule has 0 unspecified atom stereocenters.